The third-order valence-electron chi connectivity index (χ3n) is 3.46. The van der Waals surface area contributed by atoms with Crippen LogP contribution in [0.15, 0.2) is 0 Å². The van der Waals surface area contributed by atoms with Crippen LogP contribution >= 0.6 is 0 Å². The fraction of sp³-hybridized carbons (Fsp3) is 0.923. The Labute approximate surface area is 99.6 Å². The van der Waals surface area contributed by atoms with Gasteiger partial charge in [0, 0.05) is 18.5 Å². The van der Waals surface area contributed by atoms with E-state index in [4.69, 9.17) is 0 Å². The minimum absolute atomic E-state index is 0.256. The third-order valence-corrected chi connectivity index (χ3v) is 3.46. The molecule has 1 rings (SSSR count). The number of amides is 1. The molecular weight excluding hydrogens is 200 g/mol. The molecule has 0 radical (unpaired) electrons. The lowest BCUT2D eigenvalue weighted by Crippen LogP contribution is -2.43. The van der Waals surface area contributed by atoms with Gasteiger partial charge in [-0.1, -0.05) is 13.3 Å². The van der Waals surface area contributed by atoms with Gasteiger partial charge in [-0.2, -0.15) is 0 Å². The first-order valence-electron chi connectivity index (χ1n) is 6.67. The molecule has 1 amide bonds. The maximum atomic E-state index is 11.8. The molecule has 0 saturated carbocycles. The van der Waals surface area contributed by atoms with Crippen molar-refractivity contribution in [1.82, 2.24) is 10.2 Å². The van der Waals surface area contributed by atoms with E-state index < -0.39 is 0 Å². The molecular formula is C13H26N2O. The van der Waals surface area contributed by atoms with E-state index in [1.807, 2.05) is 0 Å². The Morgan fingerprint density at radius 2 is 2.00 bits per heavy atom. The summed E-state index contributed by atoms with van der Waals surface area (Å²) in [5.74, 6) is 0.531. The molecule has 1 fully saturated rings. The van der Waals surface area contributed by atoms with Crippen molar-refractivity contribution in [3.8, 4) is 0 Å². The first-order valence-corrected chi connectivity index (χ1v) is 6.67. The number of carbonyl (C=O) groups excluding carboxylic acids is 1. The van der Waals surface area contributed by atoms with Gasteiger partial charge in [0.25, 0.3) is 0 Å². The van der Waals surface area contributed by atoms with Crippen molar-refractivity contribution in [3.05, 3.63) is 0 Å². The van der Waals surface area contributed by atoms with Gasteiger partial charge in [-0.3, -0.25) is 4.79 Å². The fourth-order valence-corrected chi connectivity index (χ4v) is 2.21. The topological polar surface area (TPSA) is 32.3 Å². The molecule has 0 unspecified atom stereocenters. The van der Waals surface area contributed by atoms with Crippen molar-refractivity contribution in [2.75, 3.05) is 19.6 Å². The molecule has 0 bridgehead atoms. The molecule has 1 aliphatic heterocycles. The van der Waals surface area contributed by atoms with Gasteiger partial charge in [-0.15, -0.1) is 0 Å². The lowest BCUT2D eigenvalue weighted by molar-refractivity contribution is -0.126. The Morgan fingerprint density at radius 1 is 1.38 bits per heavy atom. The maximum absolute atomic E-state index is 11.8. The third kappa shape index (κ3) is 4.12. The number of carbonyl (C=O) groups is 1. The second-order valence-corrected chi connectivity index (χ2v) is 5.05. The van der Waals surface area contributed by atoms with Crippen LogP contribution < -0.4 is 5.32 Å². The summed E-state index contributed by atoms with van der Waals surface area (Å²) in [5, 5.41) is 3.04. The van der Waals surface area contributed by atoms with Crippen molar-refractivity contribution < 1.29 is 4.79 Å². The highest BCUT2D eigenvalue weighted by atomic mass is 16.1. The number of nitrogens with one attached hydrogen (secondary N) is 1. The van der Waals surface area contributed by atoms with Gasteiger partial charge in [0.05, 0.1) is 0 Å². The average Bonchev–Trinajstić information content (AvgIpc) is 2.29. The zero-order valence-electron chi connectivity index (χ0n) is 11.0. The molecule has 1 heterocycles. The van der Waals surface area contributed by atoms with E-state index in [0.717, 1.165) is 45.3 Å². The van der Waals surface area contributed by atoms with Crippen molar-refractivity contribution in [3.63, 3.8) is 0 Å². The summed E-state index contributed by atoms with van der Waals surface area (Å²) in [7, 11) is 0. The molecule has 0 aromatic carbocycles. The van der Waals surface area contributed by atoms with Gasteiger partial charge in [0.1, 0.15) is 0 Å². The number of unbranched alkanes of at least 4 members (excludes halogenated alkanes) is 1. The average molecular weight is 226 g/mol. The molecule has 0 aromatic heterocycles. The molecule has 16 heavy (non-hydrogen) atoms. The summed E-state index contributed by atoms with van der Waals surface area (Å²) in [5.41, 5.74) is 0. The Kier molecular flexibility index (Phi) is 5.81. The number of rotatable bonds is 5. The summed E-state index contributed by atoms with van der Waals surface area (Å²) in [4.78, 5) is 14.3. The fourth-order valence-electron chi connectivity index (χ4n) is 2.21. The number of piperidine rings is 1. The quantitative estimate of drug-likeness (QED) is 0.727. The van der Waals surface area contributed by atoms with Crippen LogP contribution in [-0.4, -0.2) is 36.5 Å². The first-order chi connectivity index (χ1) is 7.65. The van der Waals surface area contributed by atoms with Gasteiger partial charge < -0.3 is 10.2 Å². The predicted molar refractivity (Wildman–Crippen MR) is 67.4 cm³/mol. The normalized spacial score (nSPS) is 19.0. The predicted octanol–water partition coefficient (Wildman–Crippen LogP) is 2.02. The molecule has 3 heteroatoms. The number of hydrogen-bond acceptors (Lipinski definition) is 2. The second kappa shape index (κ2) is 6.89. The Hall–Kier alpha value is -0.570. The van der Waals surface area contributed by atoms with Crippen LogP contribution in [0.3, 0.4) is 0 Å². The molecule has 94 valence electrons. The minimum atomic E-state index is 0.256. The standard InChI is InChI=1S/C13H26N2O/c1-4-5-8-14-13(16)12-6-9-15(10-7-12)11(2)3/h11-12H,4-10H2,1-3H3,(H,14,16). The Balaban J connectivity index is 2.22. The maximum Gasteiger partial charge on any atom is 0.223 e. The molecule has 0 aromatic rings. The summed E-state index contributed by atoms with van der Waals surface area (Å²) >= 11 is 0. The number of hydrogen-bond donors (Lipinski definition) is 1. The lowest BCUT2D eigenvalue weighted by atomic mass is 9.95. The summed E-state index contributed by atoms with van der Waals surface area (Å²) < 4.78 is 0. The van der Waals surface area contributed by atoms with E-state index >= 15 is 0 Å². The van der Waals surface area contributed by atoms with Crippen LogP contribution in [0.1, 0.15) is 46.5 Å². The number of nitrogens with zero attached hydrogens (tertiary/aromatic N) is 1. The summed E-state index contributed by atoms with van der Waals surface area (Å²) in [6, 6.07) is 0.615. The first kappa shape index (κ1) is 13.5. The van der Waals surface area contributed by atoms with Gasteiger partial charge >= 0.3 is 0 Å². The lowest BCUT2D eigenvalue weighted by Gasteiger charge is -2.33. The van der Waals surface area contributed by atoms with E-state index in [9.17, 15) is 4.79 Å². The smallest absolute Gasteiger partial charge is 0.223 e. The zero-order valence-corrected chi connectivity index (χ0v) is 11.0. The summed E-state index contributed by atoms with van der Waals surface area (Å²) in [6.07, 6.45) is 4.29. The SMILES string of the molecule is CCCCNC(=O)C1CCN(C(C)C)CC1. The number of likely N-dealkylation sites (tertiary alicyclic amines) is 1. The van der Waals surface area contributed by atoms with Crippen molar-refractivity contribution in [2.24, 2.45) is 5.92 Å². The van der Waals surface area contributed by atoms with Crippen molar-refractivity contribution in [2.45, 2.75) is 52.5 Å². The van der Waals surface area contributed by atoms with Crippen LogP contribution in [0, 0.1) is 5.92 Å². The molecule has 3 nitrogen and oxygen atoms in total. The van der Waals surface area contributed by atoms with E-state index in [2.05, 4.69) is 31.0 Å². The largest absolute Gasteiger partial charge is 0.356 e. The second-order valence-electron chi connectivity index (χ2n) is 5.05. The van der Waals surface area contributed by atoms with Gasteiger partial charge in [0.15, 0.2) is 0 Å². The minimum Gasteiger partial charge on any atom is -0.356 e. The molecule has 1 saturated heterocycles. The highest BCUT2D eigenvalue weighted by molar-refractivity contribution is 5.78. The summed E-state index contributed by atoms with van der Waals surface area (Å²) in [6.45, 7) is 9.59. The van der Waals surface area contributed by atoms with Crippen LogP contribution in [0.5, 0.6) is 0 Å². The highest BCUT2D eigenvalue weighted by Crippen LogP contribution is 2.18. The molecule has 0 aliphatic carbocycles. The molecule has 0 spiro atoms. The van der Waals surface area contributed by atoms with Crippen LogP contribution in [0.4, 0.5) is 0 Å². The van der Waals surface area contributed by atoms with Gasteiger partial charge in [0.2, 0.25) is 5.91 Å². The van der Waals surface area contributed by atoms with Crippen LogP contribution in [-0.2, 0) is 4.79 Å². The van der Waals surface area contributed by atoms with E-state index in [1.54, 1.807) is 0 Å². The molecule has 0 atom stereocenters. The zero-order chi connectivity index (χ0) is 12.0. The van der Waals surface area contributed by atoms with Crippen LogP contribution in [0.2, 0.25) is 0 Å². The van der Waals surface area contributed by atoms with Crippen LogP contribution in [0.25, 0.3) is 0 Å². The monoisotopic (exact) mass is 226 g/mol. The Bertz CT molecular complexity index is 208. The van der Waals surface area contributed by atoms with Crippen molar-refractivity contribution in [1.29, 1.82) is 0 Å². The highest BCUT2D eigenvalue weighted by Gasteiger charge is 2.25. The van der Waals surface area contributed by atoms with E-state index in [0.29, 0.717) is 6.04 Å². The molecule has 1 aliphatic rings. The molecule has 1 N–H and O–H groups in total. The van der Waals surface area contributed by atoms with Gasteiger partial charge in [-0.25, -0.2) is 0 Å². The van der Waals surface area contributed by atoms with Gasteiger partial charge in [-0.05, 0) is 46.2 Å². The van der Waals surface area contributed by atoms with Crippen molar-refractivity contribution >= 4 is 5.91 Å². The van der Waals surface area contributed by atoms with E-state index in [1.165, 1.54) is 0 Å². The Morgan fingerprint density at radius 3 is 2.50 bits per heavy atom. The van der Waals surface area contributed by atoms with E-state index in [-0.39, 0.29) is 11.8 Å².